The molecule has 0 aromatic carbocycles. The molecule has 2 nitrogen and oxygen atoms in total. The third-order valence-electron chi connectivity index (χ3n) is 3.07. The van der Waals surface area contributed by atoms with E-state index in [1.165, 1.54) is 6.42 Å². The minimum Gasteiger partial charge on any atom is -0.336 e. The summed E-state index contributed by atoms with van der Waals surface area (Å²) < 4.78 is 0. The van der Waals surface area contributed by atoms with Crippen molar-refractivity contribution in [3.05, 3.63) is 0 Å². The molecule has 3 atom stereocenters. The van der Waals surface area contributed by atoms with E-state index in [9.17, 15) is 4.79 Å². The first-order valence-corrected chi connectivity index (χ1v) is 6.45. The van der Waals surface area contributed by atoms with Crippen LogP contribution in [-0.4, -0.2) is 27.7 Å². The summed E-state index contributed by atoms with van der Waals surface area (Å²) in [5.74, 6) is 0.271. The van der Waals surface area contributed by atoms with E-state index in [1.807, 2.05) is 6.92 Å². The van der Waals surface area contributed by atoms with E-state index >= 15 is 0 Å². The van der Waals surface area contributed by atoms with Crippen molar-refractivity contribution >= 4 is 21.8 Å². The Morgan fingerprint density at radius 1 is 1.43 bits per heavy atom. The molecule has 0 aromatic rings. The molecule has 14 heavy (non-hydrogen) atoms. The number of nitrogens with zero attached hydrogens (tertiary/aromatic N) is 1. The summed E-state index contributed by atoms with van der Waals surface area (Å²) in [6, 6.07) is 0.829. The predicted octanol–water partition coefficient (Wildman–Crippen LogP) is 2.95. The van der Waals surface area contributed by atoms with Gasteiger partial charge in [-0.1, -0.05) is 22.9 Å². The minimum absolute atomic E-state index is 0.00509. The molecule has 1 saturated heterocycles. The molecule has 1 aliphatic rings. The monoisotopic (exact) mass is 261 g/mol. The van der Waals surface area contributed by atoms with Gasteiger partial charge in [0, 0.05) is 12.1 Å². The second kappa shape index (κ2) is 5.15. The van der Waals surface area contributed by atoms with Crippen LogP contribution in [0.3, 0.4) is 0 Å². The van der Waals surface area contributed by atoms with Gasteiger partial charge in [0.15, 0.2) is 0 Å². The quantitative estimate of drug-likeness (QED) is 0.701. The normalized spacial score (nSPS) is 30.1. The molecule has 0 aromatic heterocycles. The summed E-state index contributed by atoms with van der Waals surface area (Å²) in [6.07, 6.45) is 4.43. The molecule has 1 amide bonds. The highest BCUT2D eigenvalue weighted by molar-refractivity contribution is 9.10. The fourth-order valence-corrected chi connectivity index (χ4v) is 2.43. The van der Waals surface area contributed by atoms with E-state index in [1.54, 1.807) is 0 Å². The number of carbonyl (C=O) groups is 1. The van der Waals surface area contributed by atoms with E-state index in [0.717, 1.165) is 19.3 Å². The van der Waals surface area contributed by atoms with Crippen molar-refractivity contribution in [2.45, 2.75) is 63.4 Å². The zero-order valence-corrected chi connectivity index (χ0v) is 10.9. The van der Waals surface area contributed by atoms with Crippen LogP contribution in [0.15, 0.2) is 0 Å². The largest absolute Gasteiger partial charge is 0.336 e. The number of alkyl halides is 1. The van der Waals surface area contributed by atoms with Crippen molar-refractivity contribution in [1.29, 1.82) is 0 Å². The molecule has 0 N–H and O–H groups in total. The number of rotatable bonds is 2. The van der Waals surface area contributed by atoms with Crippen molar-refractivity contribution in [2.24, 2.45) is 0 Å². The van der Waals surface area contributed by atoms with Crippen LogP contribution in [0.2, 0.25) is 0 Å². The number of likely N-dealkylation sites (tertiary alicyclic amines) is 1. The van der Waals surface area contributed by atoms with E-state index in [4.69, 9.17) is 0 Å². The van der Waals surface area contributed by atoms with Gasteiger partial charge in [-0.25, -0.2) is 0 Å². The van der Waals surface area contributed by atoms with E-state index in [-0.39, 0.29) is 10.7 Å². The van der Waals surface area contributed by atoms with Gasteiger partial charge in [-0.15, -0.1) is 0 Å². The number of piperidine rings is 1. The lowest BCUT2D eigenvalue weighted by molar-refractivity contribution is -0.136. The average molecular weight is 262 g/mol. The maximum atomic E-state index is 12.0. The maximum Gasteiger partial charge on any atom is 0.236 e. The lowest BCUT2D eigenvalue weighted by Crippen LogP contribution is -2.50. The number of hydrogen-bond donors (Lipinski definition) is 0. The van der Waals surface area contributed by atoms with E-state index in [0.29, 0.717) is 12.1 Å². The molecule has 1 aliphatic heterocycles. The second-order valence-corrected chi connectivity index (χ2v) is 5.36. The first-order valence-electron chi connectivity index (χ1n) is 5.54. The first kappa shape index (κ1) is 12.0. The molecular weight excluding hydrogens is 242 g/mol. The zero-order valence-electron chi connectivity index (χ0n) is 9.29. The van der Waals surface area contributed by atoms with E-state index < -0.39 is 0 Å². The average Bonchev–Trinajstić information content (AvgIpc) is 2.16. The molecule has 0 spiro atoms. The molecule has 0 bridgehead atoms. The predicted molar refractivity (Wildman–Crippen MR) is 62.6 cm³/mol. The molecule has 1 heterocycles. The zero-order chi connectivity index (χ0) is 10.7. The molecule has 82 valence electrons. The van der Waals surface area contributed by atoms with Crippen LogP contribution in [0.25, 0.3) is 0 Å². The fourth-order valence-electron chi connectivity index (χ4n) is 2.19. The Bertz CT molecular complexity index is 197. The SMILES string of the molecule is CCC(Br)C(=O)N1[C@H](C)CCC[C@@H]1C. The Hall–Kier alpha value is -0.0500. The summed E-state index contributed by atoms with van der Waals surface area (Å²) in [5.41, 5.74) is 0. The Balaban J connectivity index is 2.67. The molecule has 1 fully saturated rings. The molecule has 0 saturated carbocycles. The summed E-state index contributed by atoms with van der Waals surface area (Å²) in [6.45, 7) is 6.35. The highest BCUT2D eigenvalue weighted by atomic mass is 79.9. The van der Waals surface area contributed by atoms with Gasteiger partial charge in [0.2, 0.25) is 5.91 Å². The maximum absolute atomic E-state index is 12.0. The third-order valence-corrected chi connectivity index (χ3v) is 4.11. The molecule has 1 rings (SSSR count). The van der Waals surface area contributed by atoms with Crippen molar-refractivity contribution in [3.63, 3.8) is 0 Å². The van der Waals surface area contributed by atoms with Crippen LogP contribution in [0.4, 0.5) is 0 Å². The lowest BCUT2D eigenvalue weighted by Gasteiger charge is -2.40. The second-order valence-electron chi connectivity index (χ2n) is 4.25. The van der Waals surface area contributed by atoms with Gasteiger partial charge in [0.25, 0.3) is 0 Å². The van der Waals surface area contributed by atoms with Gasteiger partial charge in [-0.05, 0) is 39.5 Å². The van der Waals surface area contributed by atoms with E-state index in [2.05, 4.69) is 34.7 Å². The Morgan fingerprint density at radius 2 is 1.93 bits per heavy atom. The molecule has 3 heteroatoms. The summed E-state index contributed by atoms with van der Waals surface area (Å²) in [7, 11) is 0. The number of carbonyl (C=O) groups excluding carboxylic acids is 1. The van der Waals surface area contributed by atoms with Gasteiger partial charge in [0.1, 0.15) is 0 Å². The summed E-state index contributed by atoms with van der Waals surface area (Å²) in [4.78, 5) is 14.1. The fraction of sp³-hybridized carbons (Fsp3) is 0.909. The molecular formula is C11H20BrNO. The van der Waals surface area contributed by atoms with Crippen molar-refractivity contribution in [1.82, 2.24) is 4.90 Å². The topological polar surface area (TPSA) is 20.3 Å². The Labute approximate surface area is 95.2 Å². The Morgan fingerprint density at radius 3 is 2.36 bits per heavy atom. The van der Waals surface area contributed by atoms with Gasteiger partial charge in [-0.2, -0.15) is 0 Å². The van der Waals surface area contributed by atoms with Crippen LogP contribution >= 0.6 is 15.9 Å². The molecule has 0 radical (unpaired) electrons. The first-order chi connectivity index (χ1) is 6.57. The smallest absolute Gasteiger partial charge is 0.236 e. The Kier molecular flexibility index (Phi) is 4.42. The van der Waals surface area contributed by atoms with Crippen LogP contribution in [0.5, 0.6) is 0 Å². The third kappa shape index (κ3) is 2.50. The van der Waals surface area contributed by atoms with Gasteiger partial charge >= 0.3 is 0 Å². The van der Waals surface area contributed by atoms with Gasteiger partial charge in [-0.3, -0.25) is 4.79 Å². The summed E-state index contributed by atoms with van der Waals surface area (Å²) in [5, 5.41) is 0. The van der Waals surface area contributed by atoms with Crippen LogP contribution in [0.1, 0.15) is 46.5 Å². The van der Waals surface area contributed by atoms with Crippen molar-refractivity contribution in [3.8, 4) is 0 Å². The lowest BCUT2D eigenvalue weighted by atomic mass is 9.97. The summed E-state index contributed by atoms with van der Waals surface area (Å²) >= 11 is 3.44. The molecule has 0 aliphatic carbocycles. The number of hydrogen-bond acceptors (Lipinski definition) is 1. The van der Waals surface area contributed by atoms with Crippen molar-refractivity contribution < 1.29 is 4.79 Å². The highest BCUT2D eigenvalue weighted by Crippen LogP contribution is 2.25. The van der Waals surface area contributed by atoms with Gasteiger partial charge in [0.05, 0.1) is 4.83 Å². The standard InChI is InChI=1S/C11H20BrNO/c1-4-10(12)11(14)13-8(2)6-5-7-9(13)3/h8-10H,4-7H2,1-3H3/t8-,9+,10?. The van der Waals surface area contributed by atoms with Crippen molar-refractivity contribution in [2.75, 3.05) is 0 Å². The number of halogens is 1. The van der Waals surface area contributed by atoms with Crippen LogP contribution < -0.4 is 0 Å². The van der Waals surface area contributed by atoms with Crippen LogP contribution in [-0.2, 0) is 4.79 Å². The number of amides is 1. The minimum atomic E-state index is 0.00509. The van der Waals surface area contributed by atoms with Crippen LogP contribution in [0, 0.1) is 0 Å². The highest BCUT2D eigenvalue weighted by Gasteiger charge is 2.31. The molecule has 1 unspecified atom stereocenters. The van der Waals surface area contributed by atoms with Gasteiger partial charge < -0.3 is 4.90 Å².